The first-order valence-corrected chi connectivity index (χ1v) is 9.09. The monoisotopic (exact) mass is 385 g/mol. The zero-order valence-electron chi connectivity index (χ0n) is 14.0. The number of thiazole rings is 1. The van der Waals surface area contributed by atoms with Crippen molar-refractivity contribution in [3.63, 3.8) is 0 Å². The van der Waals surface area contributed by atoms with Gasteiger partial charge in [0, 0.05) is 10.6 Å². The van der Waals surface area contributed by atoms with Gasteiger partial charge in [-0.25, -0.2) is 4.98 Å². The number of halogens is 1. The number of hydrogen-bond donors (Lipinski definition) is 2. The first-order chi connectivity index (χ1) is 12.5. The van der Waals surface area contributed by atoms with E-state index in [4.69, 9.17) is 11.6 Å². The van der Waals surface area contributed by atoms with Crippen molar-refractivity contribution in [3.05, 3.63) is 70.9 Å². The highest BCUT2D eigenvalue weighted by molar-refractivity contribution is 7.19. The number of aryl methyl sites for hydroxylation is 1. The van der Waals surface area contributed by atoms with E-state index in [0.29, 0.717) is 15.7 Å². The van der Waals surface area contributed by atoms with Gasteiger partial charge < -0.3 is 10.6 Å². The van der Waals surface area contributed by atoms with Gasteiger partial charge in [0.25, 0.3) is 5.91 Å². The maximum absolute atomic E-state index is 12.1. The molecule has 0 aliphatic heterocycles. The van der Waals surface area contributed by atoms with Crippen LogP contribution in [0.4, 0.5) is 5.13 Å². The van der Waals surface area contributed by atoms with Crippen LogP contribution in [0.3, 0.4) is 0 Å². The largest absolute Gasteiger partial charge is 0.343 e. The fourth-order valence-corrected chi connectivity index (χ4v) is 3.54. The summed E-state index contributed by atoms with van der Waals surface area (Å²) < 4.78 is 0. The Labute approximate surface area is 160 Å². The minimum absolute atomic E-state index is 0.148. The predicted octanol–water partition coefficient (Wildman–Crippen LogP) is 4.14. The van der Waals surface area contributed by atoms with Crippen LogP contribution in [0.5, 0.6) is 0 Å². The van der Waals surface area contributed by atoms with Crippen LogP contribution in [0.2, 0.25) is 5.02 Å². The van der Waals surface area contributed by atoms with Crippen molar-refractivity contribution in [3.8, 4) is 10.4 Å². The van der Waals surface area contributed by atoms with E-state index < -0.39 is 0 Å². The maximum atomic E-state index is 12.1. The van der Waals surface area contributed by atoms with Crippen LogP contribution < -0.4 is 10.6 Å². The van der Waals surface area contributed by atoms with Crippen molar-refractivity contribution in [2.24, 2.45) is 0 Å². The first-order valence-electron chi connectivity index (χ1n) is 7.89. The fourth-order valence-electron chi connectivity index (χ4n) is 2.36. The van der Waals surface area contributed by atoms with Gasteiger partial charge in [-0.05, 0) is 30.7 Å². The van der Waals surface area contributed by atoms with Crippen LogP contribution in [0.25, 0.3) is 10.4 Å². The topological polar surface area (TPSA) is 71.1 Å². The molecule has 2 amide bonds. The maximum Gasteiger partial charge on any atom is 0.251 e. The second kappa shape index (κ2) is 8.12. The van der Waals surface area contributed by atoms with Gasteiger partial charge in [0.15, 0.2) is 5.13 Å². The van der Waals surface area contributed by atoms with Gasteiger partial charge in [0.2, 0.25) is 5.91 Å². The number of carbonyl (C=O) groups excluding carboxylic acids is 2. The summed E-state index contributed by atoms with van der Waals surface area (Å²) in [6.07, 6.45) is 0. The zero-order chi connectivity index (χ0) is 18.5. The lowest BCUT2D eigenvalue weighted by Crippen LogP contribution is -2.32. The summed E-state index contributed by atoms with van der Waals surface area (Å²) in [5.74, 6) is -0.698. The minimum Gasteiger partial charge on any atom is -0.343 e. The molecule has 0 radical (unpaired) electrons. The molecule has 0 unspecified atom stereocenters. The van der Waals surface area contributed by atoms with Crippen LogP contribution in [-0.2, 0) is 4.79 Å². The summed E-state index contributed by atoms with van der Waals surface area (Å²) in [6.45, 7) is 1.75. The van der Waals surface area contributed by atoms with E-state index in [0.717, 1.165) is 16.1 Å². The van der Waals surface area contributed by atoms with Crippen molar-refractivity contribution in [2.75, 3.05) is 11.9 Å². The van der Waals surface area contributed by atoms with Crippen LogP contribution in [-0.4, -0.2) is 23.3 Å². The predicted molar refractivity (Wildman–Crippen MR) is 105 cm³/mol. The summed E-state index contributed by atoms with van der Waals surface area (Å²) >= 11 is 7.26. The third-order valence-electron chi connectivity index (χ3n) is 3.58. The summed E-state index contributed by atoms with van der Waals surface area (Å²) in [5, 5.41) is 6.25. The lowest BCUT2D eigenvalue weighted by molar-refractivity contribution is -0.115. The summed E-state index contributed by atoms with van der Waals surface area (Å²) in [6, 6.07) is 16.4. The van der Waals surface area contributed by atoms with Crippen LogP contribution in [0, 0.1) is 6.92 Å². The average Bonchev–Trinajstić information content (AvgIpc) is 3.00. The highest BCUT2D eigenvalue weighted by atomic mass is 35.5. The number of carbonyl (C=O) groups is 2. The summed E-state index contributed by atoms with van der Waals surface area (Å²) in [7, 11) is 0. The molecular formula is C19H16ClN3O2S. The molecule has 2 N–H and O–H groups in total. The van der Waals surface area contributed by atoms with Crippen molar-refractivity contribution in [1.82, 2.24) is 10.3 Å². The molecule has 2 aromatic carbocycles. The van der Waals surface area contributed by atoms with Gasteiger partial charge in [0.05, 0.1) is 17.1 Å². The van der Waals surface area contributed by atoms with Crippen molar-refractivity contribution < 1.29 is 9.59 Å². The van der Waals surface area contributed by atoms with Gasteiger partial charge >= 0.3 is 0 Å². The number of benzene rings is 2. The molecule has 132 valence electrons. The third-order valence-corrected chi connectivity index (χ3v) is 4.93. The molecule has 0 bridgehead atoms. The van der Waals surface area contributed by atoms with Gasteiger partial charge in [-0.15, -0.1) is 0 Å². The highest BCUT2D eigenvalue weighted by Gasteiger charge is 2.13. The Bertz CT molecular complexity index is 941. The molecule has 0 saturated heterocycles. The highest BCUT2D eigenvalue weighted by Crippen LogP contribution is 2.32. The van der Waals surface area contributed by atoms with Crippen molar-refractivity contribution in [2.45, 2.75) is 6.92 Å². The quantitative estimate of drug-likeness (QED) is 0.693. The Balaban J connectivity index is 1.59. The lowest BCUT2D eigenvalue weighted by Gasteiger charge is -2.05. The Morgan fingerprint density at radius 3 is 2.62 bits per heavy atom. The summed E-state index contributed by atoms with van der Waals surface area (Å²) in [5.41, 5.74) is 2.30. The Kier molecular flexibility index (Phi) is 5.65. The molecule has 7 heteroatoms. The molecule has 0 aliphatic rings. The van der Waals surface area contributed by atoms with Crippen molar-refractivity contribution >= 4 is 39.9 Å². The van der Waals surface area contributed by atoms with E-state index >= 15 is 0 Å². The fraction of sp³-hybridized carbons (Fsp3) is 0.105. The van der Waals surface area contributed by atoms with Gasteiger partial charge in [-0.2, -0.15) is 0 Å². The molecule has 26 heavy (non-hydrogen) atoms. The molecule has 0 spiro atoms. The molecule has 3 rings (SSSR count). The molecular weight excluding hydrogens is 370 g/mol. The number of nitrogens with one attached hydrogen (secondary N) is 2. The van der Waals surface area contributed by atoms with E-state index in [1.165, 1.54) is 11.3 Å². The van der Waals surface area contributed by atoms with E-state index in [9.17, 15) is 9.59 Å². The molecule has 0 saturated carbocycles. The summed E-state index contributed by atoms with van der Waals surface area (Å²) in [4.78, 5) is 29.5. The normalized spacial score (nSPS) is 10.4. The van der Waals surface area contributed by atoms with E-state index in [-0.39, 0.29) is 18.4 Å². The number of hydrogen-bond acceptors (Lipinski definition) is 4. The molecule has 1 aromatic heterocycles. The van der Waals surface area contributed by atoms with E-state index in [2.05, 4.69) is 15.6 Å². The SMILES string of the molecule is Cc1nc(NC(=O)CNC(=O)c2cccc(Cl)c2)sc1-c1ccccc1. The Hall–Kier alpha value is -2.70. The minimum atomic E-state index is -0.358. The number of aromatic nitrogens is 1. The zero-order valence-corrected chi connectivity index (χ0v) is 15.5. The van der Waals surface area contributed by atoms with Gasteiger partial charge in [0.1, 0.15) is 0 Å². The Morgan fingerprint density at radius 1 is 1.12 bits per heavy atom. The number of anilines is 1. The van der Waals surface area contributed by atoms with Crippen LogP contribution >= 0.6 is 22.9 Å². The van der Waals surface area contributed by atoms with Gasteiger partial charge in [-0.1, -0.05) is 59.3 Å². The molecule has 0 fully saturated rings. The van der Waals surface area contributed by atoms with E-state index in [1.807, 2.05) is 37.3 Å². The van der Waals surface area contributed by atoms with Crippen LogP contribution in [0.1, 0.15) is 16.1 Å². The average molecular weight is 386 g/mol. The molecule has 3 aromatic rings. The third kappa shape index (κ3) is 4.47. The number of amides is 2. The number of rotatable bonds is 5. The van der Waals surface area contributed by atoms with Gasteiger partial charge in [-0.3, -0.25) is 9.59 Å². The Morgan fingerprint density at radius 2 is 1.88 bits per heavy atom. The second-order valence-electron chi connectivity index (χ2n) is 5.54. The molecule has 5 nitrogen and oxygen atoms in total. The standard InChI is InChI=1S/C19H16ClN3O2S/c1-12-17(13-6-3-2-4-7-13)26-19(22-12)23-16(24)11-21-18(25)14-8-5-9-15(20)10-14/h2-10H,11H2,1H3,(H,21,25)(H,22,23,24). The second-order valence-corrected chi connectivity index (χ2v) is 6.98. The molecule has 0 atom stereocenters. The van der Waals surface area contributed by atoms with Crippen molar-refractivity contribution in [1.29, 1.82) is 0 Å². The first kappa shape index (κ1) is 18.1. The lowest BCUT2D eigenvalue weighted by atomic mass is 10.2. The molecule has 0 aliphatic carbocycles. The smallest absolute Gasteiger partial charge is 0.251 e. The van der Waals surface area contributed by atoms with Crippen LogP contribution in [0.15, 0.2) is 54.6 Å². The molecule has 1 heterocycles. The number of nitrogens with zero attached hydrogens (tertiary/aromatic N) is 1. The van der Waals surface area contributed by atoms with E-state index in [1.54, 1.807) is 24.3 Å².